The van der Waals surface area contributed by atoms with E-state index in [-0.39, 0.29) is 10.5 Å². The molecule has 6 nitrogen and oxygen atoms in total. The zero-order valence-corrected chi connectivity index (χ0v) is 18.5. The number of sulfonamides is 1. The normalized spacial score (nSPS) is 15.2. The van der Waals surface area contributed by atoms with Gasteiger partial charge in [-0.05, 0) is 38.1 Å². The van der Waals surface area contributed by atoms with Crippen LogP contribution in [0.25, 0.3) is 11.3 Å². The van der Waals surface area contributed by atoms with E-state index < -0.39 is 10.0 Å². The van der Waals surface area contributed by atoms with Gasteiger partial charge in [0.15, 0.2) is 5.13 Å². The highest BCUT2D eigenvalue weighted by molar-refractivity contribution is 7.89. The van der Waals surface area contributed by atoms with Crippen LogP contribution in [0.4, 0.5) is 5.13 Å². The Kier molecular flexibility index (Phi) is 5.60. The Morgan fingerprint density at radius 3 is 2.37 bits per heavy atom. The molecule has 0 atom stereocenters. The van der Waals surface area contributed by atoms with Crippen molar-refractivity contribution in [1.29, 1.82) is 5.26 Å². The van der Waals surface area contributed by atoms with Crippen LogP contribution >= 0.6 is 11.3 Å². The number of anilines is 1. The van der Waals surface area contributed by atoms with E-state index in [0.717, 1.165) is 16.4 Å². The smallest absolute Gasteiger partial charge is 0.244 e. The van der Waals surface area contributed by atoms with E-state index in [1.165, 1.54) is 27.6 Å². The first-order valence-electron chi connectivity index (χ1n) is 9.67. The molecule has 154 valence electrons. The zero-order chi connectivity index (χ0) is 21.3. The number of nitriles is 1. The SMILES string of the molecule is Cc1cc(C)cc(-c2csc(N3CCN(S(=O)(=O)c4ccccc4C#N)CC3)n2)c1. The molecule has 1 fully saturated rings. The number of aryl methyl sites for hydroxylation is 2. The second-order valence-electron chi connectivity index (χ2n) is 7.39. The molecule has 1 aliphatic heterocycles. The highest BCUT2D eigenvalue weighted by atomic mass is 32.2. The monoisotopic (exact) mass is 438 g/mol. The largest absolute Gasteiger partial charge is 0.345 e. The van der Waals surface area contributed by atoms with E-state index in [9.17, 15) is 13.7 Å². The van der Waals surface area contributed by atoms with Gasteiger partial charge in [0.1, 0.15) is 6.07 Å². The van der Waals surface area contributed by atoms with Gasteiger partial charge in [0, 0.05) is 37.1 Å². The van der Waals surface area contributed by atoms with Crippen molar-refractivity contribution in [3.05, 3.63) is 64.5 Å². The van der Waals surface area contributed by atoms with Gasteiger partial charge in [-0.25, -0.2) is 13.4 Å². The van der Waals surface area contributed by atoms with Crippen LogP contribution in [-0.4, -0.2) is 43.9 Å². The van der Waals surface area contributed by atoms with Crippen molar-refractivity contribution in [2.75, 3.05) is 31.1 Å². The average Bonchev–Trinajstić information content (AvgIpc) is 3.23. The molecule has 0 saturated carbocycles. The van der Waals surface area contributed by atoms with Crippen molar-refractivity contribution in [3.63, 3.8) is 0 Å². The van der Waals surface area contributed by atoms with E-state index in [2.05, 4.69) is 42.3 Å². The van der Waals surface area contributed by atoms with Gasteiger partial charge >= 0.3 is 0 Å². The molecule has 0 unspecified atom stereocenters. The number of rotatable bonds is 4. The predicted octanol–water partition coefficient (Wildman–Crippen LogP) is 3.81. The third kappa shape index (κ3) is 3.97. The number of hydrogen-bond donors (Lipinski definition) is 0. The molecular formula is C22H22N4O2S2. The standard InChI is InChI=1S/C22H22N4O2S2/c1-16-11-17(2)13-19(12-16)20-15-29-22(24-20)25-7-9-26(10-8-25)30(27,28)21-6-4-3-5-18(21)14-23/h3-6,11-13,15H,7-10H2,1-2H3. The van der Waals surface area contributed by atoms with Gasteiger partial charge < -0.3 is 4.90 Å². The molecule has 0 N–H and O–H groups in total. The second kappa shape index (κ2) is 8.19. The molecule has 4 rings (SSSR count). The number of benzene rings is 2. The average molecular weight is 439 g/mol. The molecule has 3 aromatic rings. The van der Waals surface area contributed by atoms with Crippen molar-refractivity contribution in [3.8, 4) is 17.3 Å². The highest BCUT2D eigenvalue weighted by Crippen LogP contribution is 2.30. The van der Waals surface area contributed by atoms with Crippen LogP contribution in [0.1, 0.15) is 16.7 Å². The Bertz CT molecular complexity index is 1200. The van der Waals surface area contributed by atoms with E-state index in [4.69, 9.17) is 4.98 Å². The minimum absolute atomic E-state index is 0.0762. The maximum absolute atomic E-state index is 13.0. The molecule has 2 heterocycles. The summed E-state index contributed by atoms with van der Waals surface area (Å²) in [6.07, 6.45) is 0. The van der Waals surface area contributed by atoms with Gasteiger partial charge in [0.2, 0.25) is 10.0 Å². The van der Waals surface area contributed by atoms with Gasteiger partial charge in [-0.15, -0.1) is 11.3 Å². The molecule has 0 spiro atoms. The van der Waals surface area contributed by atoms with Gasteiger partial charge in [-0.3, -0.25) is 0 Å². The lowest BCUT2D eigenvalue weighted by molar-refractivity contribution is 0.384. The van der Waals surface area contributed by atoms with Crippen LogP contribution < -0.4 is 4.90 Å². The predicted molar refractivity (Wildman–Crippen MR) is 119 cm³/mol. The number of nitrogens with zero attached hydrogens (tertiary/aromatic N) is 4. The van der Waals surface area contributed by atoms with Gasteiger partial charge in [-0.1, -0.05) is 29.3 Å². The van der Waals surface area contributed by atoms with Gasteiger partial charge in [-0.2, -0.15) is 9.57 Å². The molecule has 0 radical (unpaired) electrons. The number of piperazine rings is 1. The van der Waals surface area contributed by atoms with E-state index in [0.29, 0.717) is 26.2 Å². The van der Waals surface area contributed by atoms with Crippen molar-refractivity contribution < 1.29 is 8.42 Å². The van der Waals surface area contributed by atoms with E-state index in [1.54, 1.807) is 23.5 Å². The third-order valence-corrected chi connectivity index (χ3v) is 8.00. The number of aromatic nitrogens is 1. The summed E-state index contributed by atoms with van der Waals surface area (Å²) >= 11 is 1.58. The van der Waals surface area contributed by atoms with Crippen molar-refractivity contribution in [2.45, 2.75) is 18.7 Å². The summed E-state index contributed by atoms with van der Waals surface area (Å²) in [4.78, 5) is 6.99. The Morgan fingerprint density at radius 2 is 1.70 bits per heavy atom. The molecule has 0 aliphatic carbocycles. The third-order valence-electron chi connectivity index (χ3n) is 5.14. The second-order valence-corrected chi connectivity index (χ2v) is 10.1. The minimum Gasteiger partial charge on any atom is -0.345 e. The molecule has 1 aromatic heterocycles. The molecule has 2 aromatic carbocycles. The number of thiazole rings is 1. The molecule has 1 aliphatic rings. The molecular weight excluding hydrogens is 416 g/mol. The molecule has 0 amide bonds. The van der Waals surface area contributed by atoms with Crippen LogP contribution in [0.3, 0.4) is 0 Å². The first kappa shape index (κ1) is 20.5. The maximum Gasteiger partial charge on any atom is 0.244 e. The van der Waals surface area contributed by atoms with Gasteiger partial charge in [0.25, 0.3) is 0 Å². The molecule has 8 heteroatoms. The topological polar surface area (TPSA) is 77.3 Å². The summed E-state index contributed by atoms with van der Waals surface area (Å²) in [5.41, 5.74) is 4.63. The lowest BCUT2D eigenvalue weighted by Gasteiger charge is -2.33. The highest BCUT2D eigenvalue weighted by Gasteiger charge is 2.31. The summed E-state index contributed by atoms with van der Waals surface area (Å²) in [5, 5.41) is 12.2. The summed E-state index contributed by atoms with van der Waals surface area (Å²) in [7, 11) is -3.69. The van der Waals surface area contributed by atoms with E-state index >= 15 is 0 Å². The lowest BCUT2D eigenvalue weighted by Crippen LogP contribution is -2.48. The summed E-state index contributed by atoms with van der Waals surface area (Å²) in [5.74, 6) is 0. The molecule has 0 bridgehead atoms. The fourth-order valence-corrected chi connectivity index (χ4v) is 6.16. The zero-order valence-electron chi connectivity index (χ0n) is 16.9. The fraction of sp³-hybridized carbons (Fsp3) is 0.273. The number of hydrogen-bond acceptors (Lipinski definition) is 6. The first-order valence-corrected chi connectivity index (χ1v) is 12.0. The Morgan fingerprint density at radius 1 is 1.03 bits per heavy atom. The van der Waals surface area contributed by atoms with Crippen LogP contribution in [0, 0.1) is 25.2 Å². The van der Waals surface area contributed by atoms with E-state index in [1.807, 2.05) is 6.07 Å². The van der Waals surface area contributed by atoms with Gasteiger partial charge in [0.05, 0.1) is 16.2 Å². The van der Waals surface area contributed by atoms with Crippen molar-refractivity contribution in [2.24, 2.45) is 0 Å². The Balaban J connectivity index is 1.49. The van der Waals surface area contributed by atoms with Crippen molar-refractivity contribution in [1.82, 2.24) is 9.29 Å². The molecule has 1 saturated heterocycles. The minimum atomic E-state index is -3.69. The quantitative estimate of drug-likeness (QED) is 0.619. The first-order chi connectivity index (χ1) is 14.4. The summed E-state index contributed by atoms with van der Waals surface area (Å²) in [6.45, 7) is 6.00. The molecule has 30 heavy (non-hydrogen) atoms. The summed E-state index contributed by atoms with van der Waals surface area (Å²) in [6, 6.07) is 14.7. The fourth-order valence-electron chi connectivity index (χ4n) is 3.71. The van der Waals surface area contributed by atoms with Crippen LogP contribution in [0.2, 0.25) is 0 Å². The van der Waals surface area contributed by atoms with Crippen molar-refractivity contribution >= 4 is 26.5 Å². The Hall–Kier alpha value is -2.73. The Labute approximate surface area is 181 Å². The van der Waals surface area contributed by atoms with Crippen LogP contribution in [0.15, 0.2) is 52.7 Å². The van der Waals surface area contributed by atoms with Crippen LogP contribution in [-0.2, 0) is 10.0 Å². The summed E-state index contributed by atoms with van der Waals surface area (Å²) < 4.78 is 27.5. The lowest BCUT2D eigenvalue weighted by atomic mass is 10.1. The van der Waals surface area contributed by atoms with Crippen LogP contribution in [0.5, 0.6) is 0 Å². The maximum atomic E-state index is 13.0.